The second-order valence-electron chi connectivity index (χ2n) is 13.0. The van der Waals surface area contributed by atoms with Crippen molar-refractivity contribution < 1.29 is 40.5 Å². The van der Waals surface area contributed by atoms with Gasteiger partial charge in [0.05, 0.1) is 31.3 Å². The minimum absolute atomic E-state index is 0.0263. The number of nitrogens with zero attached hydrogens (tertiary/aromatic N) is 6. The number of methoxy groups -OCH3 is 2. The van der Waals surface area contributed by atoms with Gasteiger partial charge in [-0.1, -0.05) is 30.3 Å². The van der Waals surface area contributed by atoms with E-state index in [-0.39, 0.29) is 28.4 Å². The third-order valence-corrected chi connectivity index (χ3v) is 10.0. The van der Waals surface area contributed by atoms with E-state index in [1.165, 1.54) is 32.4 Å². The molecule has 6 rings (SSSR count). The Morgan fingerprint density at radius 2 is 1.14 bits per heavy atom. The smallest absolute Gasteiger partial charge is 0.269 e. The van der Waals surface area contributed by atoms with Gasteiger partial charge in [-0.15, -0.1) is 15.3 Å². The molecule has 16 nitrogen and oxygen atoms in total. The molecule has 0 saturated carbocycles. The number of aryl methyl sites for hydroxylation is 2. The standard InChI is InChI=1S/C40H37N7O9S2/c1-24-16-35(37(55-3)20-33(24)43-42-30-12-10-26(11-13-30)22-57(49,50)51)45-44-34-21-38(56-4)36(17-25(34)2)46-47-39-28(23-58(52,53)54)18-27-19-31(14-15-32(27)40(39)48)41-29-8-6-5-7-9-29/h5-21,41,48H,22-23H2,1-4H3,(H,49,50,51)(H,52,53,54). The van der Waals surface area contributed by atoms with Crippen molar-refractivity contribution in [3.05, 3.63) is 125 Å². The van der Waals surface area contributed by atoms with Gasteiger partial charge in [0.2, 0.25) is 0 Å². The van der Waals surface area contributed by atoms with E-state index in [9.17, 15) is 26.5 Å². The first kappa shape index (κ1) is 41.0. The molecule has 4 N–H and O–H groups in total. The molecular formula is C40H37N7O9S2. The molecule has 6 aromatic rings. The van der Waals surface area contributed by atoms with Crippen LogP contribution in [-0.4, -0.2) is 45.3 Å². The van der Waals surface area contributed by atoms with Crippen LogP contribution < -0.4 is 14.8 Å². The Balaban J connectivity index is 1.26. The van der Waals surface area contributed by atoms with Crippen molar-refractivity contribution >= 4 is 76.5 Å². The van der Waals surface area contributed by atoms with E-state index in [4.69, 9.17) is 14.0 Å². The molecule has 58 heavy (non-hydrogen) atoms. The molecule has 0 aliphatic rings. The molecule has 298 valence electrons. The maximum absolute atomic E-state index is 12.0. The van der Waals surface area contributed by atoms with Crippen LogP contribution in [0.3, 0.4) is 0 Å². The van der Waals surface area contributed by atoms with Crippen molar-refractivity contribution in [3.8, 4) is 17.2 Å². The summed E-state index contributed by atoms with van der Waals surface area (Å²) in [5, 5.41) is 41.4. The SMILES string of the molecule is COc1cc(N=Nc2ccc(CS(=O)(=O)O)cc2)c(C)cc1N=Nc1cc(OC)c(N=Nc2c(CS(=O)(=O)O)cc3cc(Nc4ccccc4)ccc3c2O)cc1C. The number of ether oxygens (including phenoxy) is 2. The number of rotatable bonds is 14. The van der Waals surface area contributed by atoms with Crippen LogP contribution >= 0.6 is 0 Å². The molecule has 0 atom stereocenters. The zero-order chi connectivity index (χ0) is 41.6. The highest BCUT2D eigenvalue weighted by Gasteiger charge is 2.19. The second kappa shape index (κ2) is 17.3. The van der Waals surface area contributed by atoms with Crippen molar-refractivity contribution in [2.45, 2.75) is 25.4 Å². The lowest BCUT2D eigenvalue weighted by atomic mass is 10.0. The molecule has 0 unspecified atom stereocenters. The Labute approximate surface area is 334 Å². The highest BCUT2D eigenvalue weighted by Crippen LogP contribution is 2.43. The Kier molecular flexibility index (Phi) is 12.2. The first-order chi connectivity index (χ1) is 27.6. The average Bonchev–Trinajstić information content (AvgIpc) is 3.16. The molecule has 0 bridgehead atoms. The number of benzene rings is 6. The molecule has 0 saturated heterocycles. The minimum atomic E-state index is -4.53. The lowest BCUT2D eigenvalue weighted by Gasteiger charge is -2.13. The third-order valence-electron chi connectivity index (χ3n) is 8.64. The van der Waals surface area contributed by atoms with Crippen LogP contribution in [0.5, 0.6) is 17.2 Å². The molecule has 18 heteroatoms. The molecule has 0 spiro atoms. The summed E-state index contributed by atoms with van der Waals surface area (Å²) in [7, 11) is -5.78. The fraction of sp³-hybridized carbons (Fsp3) is 0.150. The number of anilines is 2. The van der Waals surface area contributed by atoms with Gasteiger partial charge >= 0.3 is 0 Å². The zero-order valence-corrected chi connectivity index (χ0v) is 33.2. The number of nitrogens with one attached hydrogen (secondary N) is 1. The number of phenols is 1. The highest BCUT2D eigenvalue weighted by molar-refractivity contribution is 7.85. The van der Waals surface area contributed by atoms with Crippen LogP contribution in [0.15, 0.2) is 134 Å². The Morgan fingerprint density at radius 1 is 0.586 bits per heavy atom. The predicted molar refractivity (Wildman–Crippen MR) is 220 cm³/mol. The lowest BCUT2D eigenvalue weighted by molar-refractivity contribution is 0.415. The fourth-order valence-corrected chi connectivity index (χ4v) is 7.06. The molecule has 0 amide bonds. The quantitative estimate of drug-likeness (QED) is 0.0599. The number of azo groups is 3. The first-order valence-corrected chi connectivity index (χ1v) is 20.5. The fourth-order valence-electron chi connectivity index (χ4n) is 5.83. The maximum atomic E-state index is 12.0. The number of phenolic OH excluding ortho intramolecular Hbond substituents is 1. The number of para-hydroxylation sites is 1. The van der Waals surface area contributed by atoms with Gasteiger partial charge < -0.3 is 19.9 Å². The van der Waals surface area contributed by atoms with Crippen molar-refractivity contribution in [2.24, 2.45) is 30.7 Å². The van der Waals surface area contributed by atoms with E-state index in [0.717, 1.165) is 5.69 Å². The van der Waals surface area contributed by atoms with Crippen LogP contribution in [0.4, 0.5) is 45.5 Å². The average molecular weight is 824 g/mol. The summed E-state index contributed by atoms with van der Waals surface area (Å²) < 4.78 is 76.3. The summed E-state index contributed by atoms with van der Waals surface area (Å²) in [5.41, 5.74) is 5.18. The van der Waals surface area contributed by atoms with E-state index in [0.29, 0.717) is 61.6 Å². The number of hydrogen-bond donors (Lipinski definition) is 4. The summed E-state index contributed by atoms with van der Waals surface area (Å²) in [6.45, 7) is 3.58. The topological polar surface area (TPSA) is 234 Å². The highest BCUT2D eigenvalue weighted by atomic mass is 32.2. The maximum Gasteiger partial charge on any atom is 0.269 e. The number of fused-ring (bicyclic) bond motifs is 1. The molecule has 0 aromatic heterocycles. The van der Waals surface area contributed by atoms with E-state index in [2.05, 4.69) is 36.0 Å². The Hall–Kier alpha value is -6.60. The van der Waals surface area contributed by atoms with Crippen LogP contribution in [-0.2, 0) is 31.7 Å². The Bertz CT molecular complexity index is 2820. The minimum Gasteiger partial charge on any atom is -0.505 e. The van der Waals surface area contributed by atoms with E-state index < -0.39 is 31.7 Å². The molecule has 0 radical (unpaired) electrons. The van der Waals surface area contributed by atoms with Gasteiger partial charge in [-0.2, -0.15) is 32.2 Å². The molecule has 6 aromatic carbocycles. The van der Waals surface area contributed by atoms with Gasteiger partial charge in [-0.3, -0.25) is 9.11 Å². The van der Waals surface area contributed by atoms with E-state index >= 15 is 0 Å². The first-order valence-electron chi connectivity index (χ1n) is 17.3. The summed E-state index contributed by atoms with van der Waals surface area (Å²) >= 11 is 0. The van der Waals surface area contributed by atoms with Gasteiger partial charge in [-0.25, -0.2) is 0 Å². The van der Waals surface area contributed by atoms with Gasteiger partial charge in [0, 0.05) is 34.5 Å². The summed E-state index contributed by atoms with van der Waals surface area (Å²) in [6.07, 6.45) is 0. The summed E-state index contributed by atoms with van der Waals surface area (Å²) in [5.74, 6) is -1.03. The van der Waals surface area contributed by atoms with Crippen molar-refractivity contribution in [3.63, 3.8) is 0 Å². The molecular weight excluding hydrogens is 787 g/mol. The zero-order valence-electron chi connectivity index (χ0n) is 31.5. The molecule has 0 heterocycles. The van der Waals surface area contributed by atoms with Crippen LogP contribution in [0.2, 0.25) is 0 Å². The third kappa shape index (κ3) is 10.4. The summed E-state index contributed by atoms with van der Waals surface area (Å²) in [6, 6.07) is 29.0. The van der Waals surface area contributed by atoms with E-state index in [1.807, 2.05) is 37.3 Å². The Morgan fingerprint density at radius 3 is 1.71 bits per heavy atom. The van der Waals surface area contributed by atoms with Gasteiger partial charge in [0.25, 0.3) is 20.2 Å². The largest absolute Gasteiger partial charge is 0.505 e. The van der Waals surface area contributed by atoms with Crippen molar-refractivity contribution in [2.75, 3.05) is 19.5 Å². The lowest BCUT2D eigenvalue weighted by Crippen LogP contribution is -2.02. The van der Waals surface area contributed by atoms with Crippen LogP contribution in [0.25, 0.3) is 10.8 Å². The van der Waals surface area contributed by atoms with Crippen molar-refractivity contribution in [1.82, 2.24) is 0 Å². The van der Waals surface area contributed by atoms with Gasteiger partial charge in [0.15, 0.2) is 5.75 Å². The van der Waals surface area contributed by atoms with Gasteiger partial charge in [0.1, 0.15) is 40.1 Å². The van der Waals surface area contributed by atoms with Crippen LogP contribution in [0, 0.1) is 13.8 Å². The van der Waals surface area contributed by atoms with Gasteiger partial charge in [-0.05, 0) is 96.6 Å². The molecule has 0 aliphatic heterocycles. The predicted octanol–water partition coefficient (Wildman–Crippen LogP) is 10.9. The van der Waals surface area contributed by atoms with Crippen molar-refractivity contribution in [1.29, 1.82) is 0 Å². The number of hydrogen-bond acceptors (Lipinski definition) is 14. The van der Waals surface area contributed by atoms with Crippen LogP contribution in [0.1, 0.15) is 22.3 Å². The molecule has 0 fully saturated rings. The summed E-state index contributed by atoms with van der Waals surface area (Å²) in [4.78, 5) is 0. The second-order valence-corrected chi connectivity index (χ2v) is 15.9. The normalized spacial score (nSPS) is 12.2. The number of aromatic hydroxyl groups is 1. The molecule has 0 aliphatic carbocycles. The van der Waals surface area contributed by atoms with E-state index in [1.54, 1.807) is 61.5 Å². The monoisotopic (exact) mass is 823 g/mol.